The molecule has 1 aliphatic carbocycles. The van der Waals surface area contributed by atoms with Crippen LogP contribution >= 0.6 is 12.2 Å². The summed E-state index contributed by atoms with van der Waals surface area (Å²) in [5.41, 5.74) is 0. The third-order valence-corrected chi connectivity index (χ3v) is 3.08. The first-order chi connectivity index (χ1) is 7.11. The first-order valence-electron chi connectivity index (χ1n) is 6.16. The molecule has 1 saturated carbocycles. The second kappa shape index (κ2) is 6.31. The van der Waals surface area contributed by atoms with Crippen LogP contribution in [0.25, 0.3) is 0 Å². The Labute approximate surface area is 99.2 Å². The summed E-state index contributed by atoms with van der Waals surface area (Å²) in [6.45, 7) is 7.57. The maximum absolute atomic E-state index is 5.27. The summed E-state index contributed by atoms with van der Waals surface area (Å²) < 4.78 is 0. The molecular formula is C12H24N2S. The first-order valence-corrected chi connectivity index (χ1v) is 6.57. The quantitative estimate of drug-likeness (QED) is 0.684. The topological polar surface area (TPSA) is 24.1 Å². The van der Waals surface area contributed by atoms with E-state index in [4.69, 9.17) is 12.2 Å². The molecule has 1 rings (SSSR count). The predicted octanol–water partition coefficient (Wildman–Crippen LogP) is 2.69. The van der Waals surface area contributed by atoms with E-state index in [9.17, 15) is 0 Å². The highest BCUT2D eigenvalue weighted by atomic mass is 32.1. The highest BCUT2D eigenvalue weighted by Gasteiger charge is 2.24. The van der Waals surface area contributed by atoms with Crippen LogP contribution in [0.4, 0.5) is 0 Å². The van der Waals surface area contributed by atoms with E-state index >= 15 is 0 Å². The molecule has 1 aliphatic rings. The van der Waals surface area contributed by atoms with E-state index in [-0.39, 0.29) is 0 Å². The molecule has 0 bridgehead atoms. The van der Waals surface area contributed by atoms with Gasteiger partial charge in [-0.05, 0) is 36.9 Å². The Hall–Kier alpha value is -0.310. The Kier molecular flexibility index (Phi) is 5.37. The zero-order chi connectivity index (χ0) is 11.3. The molecule has 1 fully saturated rings. The molecule has 15 heavy (non-hydrogen) atoms. The maximum Gasteiger partial charge on any atom is 0.166 e. The van der Waals surface area contributed by atoms with Gasteiger partial charge in [0, 0.05) is 12.6 Å². The highest BCUT2D eigenvalue weighted by Crippen LogP contribution is 2.33. The minimum atomic E-state index is 0.574. The molecule has 0 amide bonds. The normalized spacial score (nSPS) is 17.6. The maximum atomic E-state index is 5.27. The van der Waals surface area contributed by atoms with Gasteiger partial charge in [-0.1, -0.05) is 33.6 Å². The lowest BCUT2D eigenvalue weighted by molar-refractivity contribution is 0.504. The summed E-state index contributed by atoms with van der Waals surface area (Å²) in [4.78, 5) is 0. The fraction of sp³-hybridized carbons (Fsp3) is 0.917. The van der Waals surface area contributed by atoms with Gasteiger partial charge >= 0.3 is 0 Å². The first kappa shape index (κ1) is 12.8. The van der Waals surface area contributed by atoms with Gasteiger partial charge in [-0.15, -0.1) is 0 Å². The Morgan fingerprint density at radius 2 is 2.07 bits per heavy atom. The van der Waals surface area contributed by atoms with Crippen molar-refractivity contribution in [2.24, 2.45) is 11.8 Å². The molecule has 0 spiro atoms. The van der Waals surface area contributed by atoms with Gasteiger partial charge < -0.3 is 10.6 Å². The van der Waals surface area contributed by atoms with Crippen LogP contribution < -0.4 is 10.6 Å². The number of hydrogen-bond donors (Lipinski definition) is 2. The third-order valence-electron chi connectivity index (χ3n) is 2.81. The van der Waals surface area contributed by atoms with Crippen molar-refractivity contribution in [1.29, 1.82) is 0 Å². The fourth-order valence-corrected chi connectivity index (χ4v) is 1.87. The van der Waals surface area contributed by atoms with E-state index in [0.717, 1.165) is 17.6 Å². The van der Waals surface area contributed by atoms with Crippen molar-refractivity contribution in [1.82, 2.24) is 10.6 Å². The molecular weight excluding hydrogens is 204 g/mol. The number of rotatable bonds is 6. The molecule has 88 valence electrons. The lowest BCUT2D eigenvalue weighted by Crippen LogP contribution is -2.43. The van der Waals surface area contributed by atoms with Gasteiger partial charge in [-0.25, -0.2) is 0 Å². The van der Waals surface area contributed by atoms with Crippen LogP contribution in [0.1, 0.15) is 46.5 Å². The van der Waals surface area contributed by atoms with Gasteiger partial charge in [-0.2, -0.15) is 0 Å². The average molecular weight is 228 g/mol. The molecule has 2 N–H and O–H groups in total. The molecule has 0 heterocycles. The van der Waals surface area contributed by atoms with E-state index in [1.54, 1.807) is 0 Å². The fourth-order valence-electron chi connectivity index (χ4n) is 1.62. The summed E-state index contributed by atoms with van der Waals surface area (Å²) in [5.74, 6) is 1.61. The van der Waals surface area contributed by atoms with Crippen molar-refractivity contribution in [3.63, 3.8) is 0 Å². The van der Waals surface area contributed by atoms with Crippen LogP contribution in [0.15, 0.2) is 0 Å². The molecule has 0 aromatic carbocycles. The number of nitrogens with one attached hydrogen (secondary N) is 2. The molecule has 0 saturated heterocycles. The summed E-state index contributed by atoms with van der Waals surface area (Å²) in [7, 11) is 0. The average Bonchev–Trinajstić information content (AvgIpc) is 2.97. The molecule has 0 aromatic rings. The van der Waals surface area contributed by atoms with Crippen LogP contribution in [0.5, 0.6) is 0 Å². The molecule has 0 aliphatic heterocycles. The van der Waals surface area contributed by atoms with Gasteiger partial charge in [0.25, 0.3) is 0 Å². The lowest BCUT2D eigenvalue weighted by atomic mass is 10.1. The molecule has 2 nitrogen and oxygen atoms in total. The van der Waals surface area contributed by atoms with Gasteiger partial charge in [0.15, 0.2) is 5.11 Å². The standard InChI is InChI=1S/C12H24N2S/c1-4-11(7-10-5-6-10)14-12(15)13-8-9(2)3/h9-11H,4-8H2,1-3H3,(H2,13,14,15). The van der Waals surface area contributed by atoms with Gasteiger partial charge in [0.05, 0.1) is 0 Å². The summed E-state index contributed by atoms with van der Waals surface area (Å²) in [5, 5.41) is 7.50. The van der Waals surface area contributed by atoms with Crippen molar-refractivity contribution < 1.29 is 0 Å². The smallest absolute Gasteiger partial charge is 0.166 e. The van der Waals surface area contributed by atoms with Crippen LogP contribution in [-0.2, 0) is 0 Å². The predicted molar refractivity (Wildman–Crippen MR) is 70.0 cm³/mol. The molecule has 1 atom stereocenters. The van der Waals surface area contributed by atoms with Crippen LogP contribution in [-0.4, -0.2) is 17.7 Å². The third kappa shape index (κ3) is 5.98. The number of hydrogen-bond acceptors (Lipinski definition) is 1. The monoisotopic (exact) mass is 228 g/mol. The Morgan fingerprint density at radius 3 is 2.53 bits per heavy atom. The zero-order valence-electron chi connectivity index (χ0n) is 10.2. The molecule has 1 unspecified atom stereocenters. The lowest BCUT2D eigenvalue weighted by Gasteiger charge is -2.20. The van der Waals surface area contributed by atoms with Crippen molar-refractivity contribution in [3.05, 3.63) is 0 Å². The molecule has 0 radical (unpaired) electrons. The van der Waals surface area contributed by atoms with Crippen LogP contribution in [0.2, 0.25) is 0 Å². The van der Waals surface area contributed by atoms with E-state index in [1.165, 1.54) is 25.7 Å². The minimum Gasteiger partial charge on any atom is -0.362 e. The molecule has 3 heteroatoms. The Balaban J connectivity index is 2.15. The Morgan fingerprint density at radius 1 is 1.40 bits per heavy atom. The summed E-state index contributed by atoms with van der Waals surface area (Å²) in [6, 6.07) is 0.574. The van der Waals surface area contributed by atoms with E-state index in [2.05, 4.69) is 31.4 Å². The van der Waals surface area contributed by atoms with Gasteiger partial charge in [-0.3, -0.25) is 0 Å². The SMILES string of the molecule is CCC(CC1CC1)NC(=S)NCC(C)C. The second-order valence-corrected chi connectivity index (χ2v) is 5.44. The van der Waals surface area contributed by atoms with Crippen LogP contribution in [0.3, 0.4) is 0 Å². The van der Waals surface area contributed by atoms with Crippen molar-refractivity contribution >= 4 is 17.3 Å². The van der Waals surface area contributed by atoms with E-state index < -0.39 is 0 Å². The largest absolute Gasteiger partial charge is 0.362 e. The van der Waals surface area contributed by atoms with Crippen molar-refractivity contribution in [3.8, 4) is 0 Å². The van der Waals surface area contributed by atoms with E-state index in [0.29, 0.717) is 12.0 Å². The molecule has 0 aromatic heterocycles. The Bertz CT molecular complexity index is 200. The van der Waals surface area contributed by atoms with Gasteiger partial charge in [0.1, 0.15) is 0 Å². The van der Waals surface area contributed by atoms with Crippen LogP contribution in [0, 0.1) is 11.8 Å². The zero-order valence-corrected chi connectivity index (χ0v) is 11.0. The second-order valence-electron chi connectivity index (χ2n) is 5.03. The minimum absolute atomic E-state index is 0.574. The number of thiocarbonyl (C=S) groups is 1. The summed E-state index contributed by atoms with van der Waals surface area (Å²) in [6.07, 6.45) is 5.30. The van der Waals surface area contributed by atoms with Gasteiger partial charge in [0.2, 0.25) is 0 Å². The summed E-state index contributed by atoms with van der Waals surface area (Å²) >= 11 is 5.27. The highest BCUT2D eigenvalue weighted by molar-refractivity contribution is 7.80. The van der Waals surface area contributed by atoms with Crippen molar-refractivity contribution in [2.75, 3.05) is 6.54 Å². The van der Waals surface area contributed by atoms with Crippen molar-refractivity contribution in [2.45, 2.75) is 52.5 Å². The van der Waals surface area contributed by atoms with E-state index in [1.807, 2.05) is 0 Å².